The average Bonchev–Trinajstić information content (AvgIpc) is 3.11. The van der Waals surface area contributed by atoms with Gasteiger partial charge in [-0.15, -0.1) is 0 Å². The van der Waals surface area contributed by atoms with E-state index in [1.54, 1.807) is 6.92 Å². The predicted molar refractivity (Wildman–Crippen MR) is 84.9 cm³/mol. The van der Waals surface area contributed by atoms with Crippen molar-refractivity contribution in [1.82, 2.24) is 15.5 Å². The molecule has 0 aliphatic heterocycles. The Balaban J connectivity index is 1.70. The van der Waals surface area contributed by atoms with Crippen LogP contribution < -0.4 is 5.32 Å². The maximum Gasteiger partial charge on any atom is 0.407 e. The molecule has 0 radical (unpaired) electrons. The van der Waals surface area contributed by atoms with Crippen LogP contribution in [0.2, 0.25) is 0 Å². The van der Waals surface area contributed by atoms with E-state index in [1.165, 1.54) is 5.56 Å². The van der Waals surface area contributed by atoms with Crippen LogP contribution in [0.5, 0.6) is 0 Å². The normalized spacial score (nSPS) is 16.4. The number of benzene rings is 1. The zero-order valence-electron chi connectivity index (χ0n) is 13.6. The summed E-state index contributed by atoms with van der Waals surface area (Å²) in [4.78, 5) is 16.1. The number of hydrogen-bond acceptors (Lipinski definition) is 5. The van der Waals surface area contributed by atoms with Gasteiger partial charge in [0.2, 0.25) is 11.7 Å². The number of alkyl carbamates (subject to hydrolysis) is 1. The zero-order valence-corrected chi connectivity index (χ0v) is 13.6. The summed E-state index contributed by atoms with van der Waals surface area (Å²) in [6, 6.07) is 6.06. The molecule has 1 N–H and O–H groups in total. The molecule has 122 valence electrons. The first-order valence-corrected chi connectivity index (χ1v) is 7.89. The molecule has 1 amide bonds. The van der Waals surface area contributed by atoms with Crippen LogP contribution in [0.15, 0.2) is 22.7 Å². The van der Waals surface area contributed by atoms with E-state index in [9.17, 15) is 4.79 Å². The molecular weight excluding hydrogens is 294 g/mol. The summed E-state index contributed by atoms with van der Waals surface area (Å²) in [6.45, 7) is 6.23. The van der Waals surface area contributed by atoms with Crippen molar-refractivity contribution in [3.8, 4) is 11.4 Å². The van der Waals surface area contributed by atoms with Crippen LogP contribution in [0.1, 0.15) is 43.3 Å². The van der Waals surface area contributed by atoms with E-state index in [0.29, 0.717) is 24.2 Å². The first kappa shape index (κ1) is 15.5. The van der Waals surface area contributed by atoms with Crippen LogP contribution in [0.25, 0.3) is 11.4 Å². The number of hydrogen-bond donors (Lipinski definition) is 1. The van der Waals surface area contributed by atoms with Gasteiger partial charge >= 0.3 is 6.09 Å². The van der Waals surface area contributed by atoms with Crippen molar-refractivity contribution in [2.24, 2.45) is 5.92 Å². The lowest BCUT2D eigenvalue weighted by atomic mass is 10.0. The Hall–Kier alpha value is -2.37. The SMILES string of the molecule is Cc1nc(-c2ccc3c(c2)CC[C@H]3NC(=O)OCC(C)C)no1. The molecule has 0 saturated carbocycles. The van der Waals surface area contributed by atoms with Gasteiger partial charge in [0, 0.05) is 12.5 Å². The van der Waals surface area contributed by atoms with Crippen molar-refractivity contribution in [3.05, 3.63) is 35.2 Å². The summed E-state index contributed by atoms with van der Waals surface area (Å²) in [7, 11) is 0. The number of carbonyl (C=O) groups is 1. The fraction of sp³-hybridized carbons (Fsp3) is 0.471. The van der Waals surface area contributed by atoms with Crippen LogP contribution in [0.3, 0.4) is 0 Å². The third-order valence-corrected chi connectivity index (χ3v) is 3.85. The highest BCUT2D eigenvalue weighted by molar-refractivity contribution is 5.68. The van der Waals surface area contributed by atoms with Gasteiger partial charge in [0.25, 0.3) is 0 Å². The van der Waals surface area contributed by atoms with Gasteiger partial charge in [-0.3, -0.25) is 0 Å². The second-order valence-corrected chi connectivity index (χ2v) is 6.28. The summed E-state index contributed by atoms with van der Waals surface area (Å²) >= 11 is 0. The first-order valence-electron chi connectivity index (χ1n) is 7.89. The maximum absolute atomic E-state index is 11.8. The van der Waals surface area contributed by atoms with Crippen molar-refractivity contribution in [2.75, 3.05) is 6.61 Å². The van der Waals surface area contributed by atoms with E-state index in [2.05, 4.69) is 21.5 Å². The van der Waals surface area contributed by atoms with E-state index in [-0.39, 0.29) is 12.1 Å². The molecule has 1 aliphatic rings. The van der Waals surface area contributed by atoms with E-state index in [0.717, 1.165) is 24.0 Å². The highest BCUT2D eigenvalue weighted by atomic mass is 16.5. The summed E-state index contributed by atoms with van der Waals surface area (Å²) in [5.74, 6) is 1.48. The molecule has 6 heteroatoms. The zero-order chi connectivity index (χ0) is 16.4. The second kappa shape index (κ2) is 6.40. The van der Waals surface area contributed by atoms with Crippen molar-refractivity contribution in [1.29, 1.82) is 0 Å². The molecule has 1 heterocycles. The van der Waals surface area contributed by atoms with Gasteiger partial charge in [-0.2, -0.15) is 4.98 Å². The highest BCUT2D eigenvalue weighted by Crippen LogP contribution is 2.33. The van der Waals surface area contributed by atoms with Crippen molar-refractivity contribution < 1.29 is 14.1 Å². The monoisotopic (exact) mass is 315 g/mol. The number of aryl methyl sites for hydroxylation is 2. The third-order valence-electron chi connectivity index (χ3n) is 3.85. The fourth-order valence-corrected chi connectivity index (χ4v) is 2.75. The molecule has 6 nitrogen and oxygen atoms in total. The number of rotatable bonds is 4. The van der Waals surface area contributed by atoms with Crippen LogP contribution in [0.4, 0.5) is 4.79 Å². The van der Waals surface area contributed by atoms with E-state index in [4.69, 9.17) is 9.26 Å². The lowest BCUT2D eigenvalue weighted by Crippen LogP contribution is -2.28. The second-order valence-electron chi connectivity index (χ2n) is 6.28. The highest BCUT2D eigenvalue weighted by Gasteiger charge is 2.25. The number of aromatic nitrogens is 2. The first-order chi connectivity index (χ1) is 11.0. The van der Waals surface area contributed by atoms with E-state index < -0.39 is 0 Å². The molecule has 0 spiro atoms. The molecular formula is C17H21N3O3. The minimum absolute atomic E-state index is 0.00529. The van der Waals surface area contributed by atoms with Gasteiger partial charge < -0.3 is 14.6 Å². The number of nitrogens with one attached hydrogen (secondary N) is 1. The Bertz CT molecular complexity index is 709. The van der Waals surface area contributed by atoms with Crippen molar-refractivity contribution in [3.63, 3.8) is 0 Å². The Labute approximate surface area is 135 Å². The molecule has 1 aromatic carbocycles. The predicted octanol–water partition coefficient (Wildman–Crippen LogP) is 3.41. The minimum Gasteiger partial charge on any atom is -0.449 e. The van der Waals surface area contributed by atoms with Gasteiger partial charge in [-0.25, -0.2) is 4.79 Å². The molecule has 0 bridgehead atoms. The third kappa shape index (κ3) is 3.52. The molecule has 0 saturated heterocycles. The quantitative estimate of drug-likeness (QED) is 0.935. The Kier molecular flexibility index (Phi) is 4.32. The van der Waals surface area contributed by atoms with Crippen LogP contribution in [0, 0.1) is 12.8 Å². The Morgan fingerprint density at radius 2 is 2.30 bits per heavy atom. The molecule has 3 rings (SSSR count). The number of nitrogens with zero attached hydrogens (tertiary/aromatic N) is 2. The number of fused-ring (bicyclic) bond motifs is 1. The number of ether oxygens (including phenoxy) is 1. The van der Waals surface area contributed by atoms with Crippen LogP contribution in [-0.2, 0) is 11.2 Å². The smallest absolute Gasteiger partial charge is 0.407 e. The van der Waals surface area contributed by atoms with Gasteiger partial charge in [0.05, 0.1) is 12.6 Å². The Morgan fingerprint density at radius 3 is 3.00 bits per heavy atom. The summed E-state index contributed by atoms with van der Waals surface area (Å²) < 4.78 is 10.2. The van der Waals surface area contributed by atoms with Gasteiger partial charge in [0.1, 0.15) is 0 Å². The molecule has 0 unspecified atom stereocenters. The molecule has 1 aromatic heterocycles. The number of amides is 1. The summed E-state index contributed by atoms with van der Waals surface area (Å²) in [5.41, 5.74) is 3.28. The summed E-state index contributed by atoms with van der Waals surface area (Å²) in [5, 5.41) is 6.89. The lowest BCUT2D eigenvalue weighted by molar-refractivity contribution is 0.129. The minimum atomic E-state index is -0.352. The molecule has 23 heavy (non-hydrogen) atoms. The lowest BCUT2D eigenvalue weighted by Gasteiger charge is -2.15. The van der Waals surface area contributed by atoms with Gasteiger partial charge in [-0.05, 0) is 36.0 Å². The van der Waals surface area contributed by atoms with Crippen LogP contribution in [-0.4, -0.2) is 22.8 Å². The van der Waals surface area contributed by atoms with Gasteiger partial charge in [0.15, 0.2) is 0 Å². The maximum atomic E-state index is 11.8. The van der Waals surface area contributed by atoms with Crippen LogP contribution >= 0.6 is 0 Å². The van der Waals surface area contributed by atoms with Crippen molar-refractivity contribution in [2.45, 2.75) is 39.7 Å². The topological polar surface area (TPSA) is 77.2 Å². The largest absolute Gasteiger partial charge is 0.449 e. The fourth-order valence-electron chi connectivity index (χ4n) is 2.75. The summed E-state index contributed by atoms with van der Waals surface area (Å²) in [6.07, 6.45) is 1.44. The van der Waals surface area contributed by atoms with Crippen molar-refractivity contribution >= 4 is 6.09 Å². The average molecular weight is 315 g/mol. The van der Waals surface area contributed by atoms with E-state index in [1.807, 2.05) is 26.0 Å². The van der Waals surface area contributed by atoms with E-state index >= 15 is 0 Å². The standard InChI is InChI=1S/C17H21N3O3/c1-10(2)9-22-17(21)19-15-7-5-12-8-13(4-6-14(12)15)16-18-11(3)23-20-16/h4,6,8,10,15H,5,7,9H2,1-3H3,(H,19,21)/t15-/m1/s1. The number of carbonyl (C=O) groups excluding carboxylic acids is 1. The Morgan fingerprint density at radius 1 is 1.48 bits per heavy atom. The molecule has 0 fully saturated rings. The molecule has 1 atom stereocenters. The molecule has 2 aromatic rings. The van der Waals surface area contributed by atoms with Gasteiger partial charge in [-0.1, -0.05) is 31.1 Å². The molecule has 1 aliphatic carbocycles.